The molecule has 0 spiro atoms. The van der Waals surface area contributed by atoms with Crippen LogP contribution in [0.2, 0.25) is 0 Å². The van der Waals surface area contributed by atoms with Gasteiger partial charge in [-0.05, 0) is 37.0 Å². The van der Waals surface area contributed by atoms with E-state index in [-0.39, 0.29) is 11.8 Å². The molecule has 3 nitrogen and oxygen atoms in total. The van der Waals surface area contributed by atoms with Gasteiger partial charge in [0.05, 0.1) is 6.07 Å². The molecule has 94 valence electrons. The molecule has 3 heteroatoms. The van der Waals surface area contributed by atoms with E-state index in [0.717, 1.165) is 24.8 Å². The fourth-order valence-electron chi connectivity index (χ4n) is 2.28. The summed E-state index contributed by atoms with van der Waals surface area (Å²) in [7, 11) is 0. The minimum absolute atomic E-state index is 0.0917. The second-order valence-electron chi connectivity index (χ2n) is 4.75. The van der Waals surface area contributed by atoms with Crippen LogP contribution in [0.15, 0.2) is 24.3 Å². The third-order valence-electron chi connectivity index (χ3n) is 3.57. The molecule has 0 N–H and O–H groups in total. The second kappa shape index (κ2) is 5.68. The summed E-state index contributed by atoms with van der Waals surface area (Å²) in [6.45, 7) is 3.50. The number of carbonyl (C=O) groups is 1. The van der Waals surface area contributed by atoms with Gasteiger partial charge in [0.15, 0.2) is 0 Å². The van der Waals surface area contributed by atoms with Gasteiger partial charge in [0.25, 0.3) is 5.91 Å². The Balaban J connectivity index is 2.01. The molecule has 1 aliphatic rings. The van der Waals surface area contributed by atoms with Crippen molar-refractivity contribution >= 4 is 5.91 Å². The van der Waals surface area contributed by atoms with Crippen LogP contribution in [0.1, 0.15) is 35.7 Å². The van der Waals surface area contributed by atoms with E-state index in [0.29, 0.717) is 13.1 Å². The number of hydrogen-bond acceptors (Lipinski definition) is 2. The first-order valence-electron chi connectivity index (χ1n) is 6.52. The molecule has 1 aliphatic heterocycles. The third-order valence-corrected chi connectivity index (χ3v) is 3.57. The first kappa shape index (κ1) is 12.6. The van der Waals surface area contributed by atoms with Crippen molar-refractivity contribution in [2.24, 2.45) is 5.92 Å². The zero-order valence-corrected chi connectivity index (χ0v) is 10.7. The topological polar surface area (TPSA) is 44.1 Å². The molecule has 0 aromatic heterocycles. The second-order valence-corrected chi connectivity index (χ2v) is 4.75. The molecule has 0 saturated carbocycles. The number of nitrogens with zero attached hydrogens (tertiary/aromatic N) is 2. The highest BCUT2D eigenvalue weighted by Crippen LogP contribution is 2.18. The van der Waals surface area contributed by atoms with Gasteiger partial charge < -0.3 is 4.90 Å². The fraction of sp³-hybridized carbons (Fsp3) is 0.467. The molecule has 1 aromatic rings. The summed E-state index contributed by atoms with van der Waals surface area (Å²) in [5, 5.41) is 8.84. The van der Waals surface area contributed by atoms with Crippen LogP contribution >= 0.6 is 0 Å². The molecular formula is C15H18N2O. The molecule has 1 aromatic carbocycles. The Morgan fingerprint density at radius 2 is 1.94 bits per heavy atom. The van der Waals surface area contributed by atoms with Crippen molar-refractivity contribution < 1.29 is 4.79 Å². The van der Waals surface area contributed by atoms with Gasteiger partial charge in [0.2, 0.25) is 0 Å². The molecule has 18 heavy (non-hydrogen) atoms. The smallest absolute Gasteiger partial charge is 0.253 e. The number of nitriles is 1. The Morgan fingerprint density at radius 3 is 2.44 bits per heavy atom. The Bertz CT molecular complexity index is 450. The Hall–Kier alpha value is -1.82. The fourth-order valence-corrected chi connectivity index (χ4v) is 2.28. The van der Waals surface area contributed by atoms with Crippen molar-refractivity contribution in [2.45, 2.75) is 26.2 Å². The summed E-state index contributed by atoms with van der Waals surface area (Å²) in [5.74, 6) is 0.213. The third kappa shape index (κ3) is 2.70. The standard InChI is InChI=1S/C15H18N2O/c1-2-12-3-5-14(6-4-12)15(18)17-9-7-13(11-16)8-10-17/h3-6,13H,2,7-10H2,1H3. The highest BCUT2D eigenvalue weighted by atomic mass is 16.2. The van der Waals surface area contributed by atoms with Gasteiger partial charge in [-0.3, -0.25) is 4.79 Å². The zero-order chi connectivity index (χ0) is 13.0. The Labute approximate surface area is 108 Å². The lowest BCUT2D eigenvalue weighted by molar-refractivity contribution is 0.0707. The van der Waals surface area contributed by atoms with Crippen LogP contribution in [0.3, 0.4) is 0 Å². The lowest BCUT2D eigenvalue weighted by Crippen LogP contribution is -2.38. The van der Waals surface area contributed by atoms with E-state index in [1.54, 1.807) is 0 Å². The quantitative estimate of drug-likeness (QED) is 0.800. The summed E-state index contributed by atoms with van der Waals surface area (Å²) < 4.78 is 0. The van der Waals surface area contributed by atoms with Crippen LogP contribution in [0.25, 0.3) is 0 Å². The van der Waals surface area contributed by atoms with Gasteiger partial charge >= 0.3 is 0 Å². The molecule has 1 fully saturated rings. The summed E-state index contributed by atoms with van der Waals surface area (Å²) in [6, 6.07) is 10.1. The average molecular weight is 242 g/mol. The maximum Gasteiger partial charge on any atom is 0.253 e. The van der Waals surface area contributed by atoms with Gasteiger partial charge in [-0.25, -0.2) is 0 Å². The van der Waals surface area contributed by atoms with Gasteiger partial charge in [-0.1, -0.05) is 19.1 Å². The molecule has 2 rings (SSSR count). The summed E-state index contributed by atoms with van der Waals surface area (Å²) in [6.07, 6.45) is 2.59. The van der Waals surface area contributed by atoms with E-state index in [2.05, 4.69) is 13.0 Å². The SMILES string of the molecule is CCc1ccc(C(=O)N2CCC(C#N)CC2)cc1. The van der Waals surface area contributed by atoms with Crippen molar-refractivity contribution in [3.8, 4) is 6.07 Å². The molecular weight excluding hydrogens is 224 g/mol. The molecule has 0 atom stereocenters. The van der Waals surface area contributed by atoms with Crippen LogP contribution in [0.5, 0.6) is 0 Å². The van der Waals surface area contributed by atoms with Crippen LogP contribution in [-0.4, -0.2) is 23.9 Å². The highest BCUT2D eigenvalue weighted by molar-refractivity contribution is 5.94. The summed E-state index contributed by atoms with van der Waals surface area (Å²) in [4.78, 5) is 14.1. The summed E-state index contributed by atoms with van der Waals surface area (Å²) in [5.41, 5.74) is 2.00. The maximum atomic E-state index is 12.2. The number of aryl methyl sites for hydroxylation is 1. The van der Waals surface area contributed by atoms with E-state index in [1.807, 2.05) is 29.2 Å². The summed E-state index contributed by atoms with van der Waals surface area (Å²) >= 11 is 0. The molecule has 0 radical (unpaired) electrons. The average Bonchev–Trinajstić information content (AvgIpc) is 2.47. The van der Waals surface area contributed by atoms with E-state index >= 15 is 0 Å². The molecule has 0 bridgehead atoms. The largest absolute Gasteiger partial charge is 0.339 e. The lowest BCUT2D eigenvalue weighted by atomic mass is 9.98. The molecule has 1 heterocycles. The number of rotatable bonds is 2. The number of carbonyl (C=O) groups excluding carboxylic acids is 1. The van der Waals surface area contributed by atoms with Crippen molar-refractivity contribution in [3.63, 3.8) is 0 Å². The number of amides is 1. The van der Waals surface area contributed by atoms with Crippen molar-refractivity contribution in [1.82, 2.24) is 4.90 Å². The predicted molar refractivity (Wildman–Crippen MR) is 70.1 cm³/mol. The van der Waals surface area contributed by atoms with E-state index in [4.69, 9.17) is 5.26 Å². The van der Waals surface area contributed by atoms with Gasteiger partial charge in [0.1, 0.15) is 0 Å². The monoisotopic (exact) mass is 242 g/mol. The minimum Gasteiger partial charge on any atom is -0.339 e. The van der Waals surface area contributed by atoms with E-state index < -0.39 is 0 Å². The van der Waals surface area contributed by atoms with E-state index in [9.17, 15) is 4.79 Å². The zero-order valence-electron chi connectivity index (χ0n) is 10.7. The number of benzene rings is 1. The number of likely N-dealkylation sites (tertiary alicyclic amines) is 1. The predicted octanol–water partition coefficient (Wildman–Crippen LogP) is 2.62. The van der Waals surface area contributed by atoms with Gasteiger partial charge in [-0.15, -0.1) is 0 Å². The maximum absolute atomic E-state index is 12.2. The molecule has 0 aliphatic carbocycles. The molecule has 0 unspecified atom stereocenters. The number of hydrogen-bond donors (Lipinski definition) is 0. The van der Waals surface area contributed by atoms with Crippen LogP contribution in [0.4, 0.5) is 0 Å². The first-order chi connectivity index (χ1) is 8.74. The van der Waals surface area contributed by atoms with Crippen molar-refractivity contribution in [3.05, 3.63) is 35.4 Å². The van der Waals surface area contributed by atoms with Crippen molar-refractivity contribution in [1.29, 1.82) is 5.26 Å². The van der Waals surface area contributed by atoms with Crippen LogP contribution in [-0.2, 0) is 6.42 Å². The Kier molecular flexibility index (Phi) is 3.99. The van der Waals surface area contributed by atoms with Gasteiger partial charge in [0, 0.05) is 24.6 Å². The number of piperidine rings is 1. The molecule has 1 saturated heterocycles. The first-order valence-corrected chi connectivity index (χ1v) is 6.52. The normalized spacial score (nSPS) is 16.3. The van der Waals surface area contributed by atoms with E-state index in [1.165, 1.54) is 5.56 Å². The van der Waals surface area contributed by atoms with Crippen LogP contribution < -0.4 is 0 Å². The van der Waals surface area contributed by atoms with Gasteiger partial charge in [-0.2, -0.15) is 5.26 Å². The molecule has 1 amide bonds. The minimum atomic E-state index is 0.0917. The Morgan fingerprint density at radius 1 is 1.33 bits per heavy atom. The highest BCUT2D eigenvalue weighted by Gasteiger charge is 2.23. The lowest BCUT2D eigenvalue weighted by Gasteiger charge is -2.29. The van der Waals surface area contributed by atoms with Crippen molar-refractivity contribution in [2.75, 3.05) is 13.1 Å². The van der Waals surface area contributed by atoms with Crippen LogP contribution in [0, 0.1) is 17.2 Å².